The molecule has 12 heteroatoms. The lowest BCUT2D eigenvalue weighted by Gasteiger charge is -2.55. The number of hydrogen-bond donors (Lipinski definition) is 3. The van der Waals surface area contributed by atoms with Crippen molar-refractivity contribution in [3.05, 3.63) is 11.8 Å². The highest BCUT2D eigenvalue weighted by Gasteiger charge is 2.64. The molecule has 0 aromatic carbocycles. The fraction of sp³-hybridized carbons (Fsp3) is 0.773. The van der Waals surface area contributed by atoms with Gasteiger partial charge in [0, 0.05) is 44.4 Å². The summed E-state index contributed by atoms with van der Waals surface area (Å²) in [6.45, 7) is 1.85. The molecule has 3 aliphatic rings. The Kier molecular flexibility index (Phi) is 6.69. The minimum atomic E-state index is -4.40. The first kappa shape index (κ1) is 24.9. The van der Waals surface area contributed by atoms with E-state index in [4.69, 9.17) is 10.5 Å². The van der Waals surface area contributed by atoms with Gasteiger partial charge in [-0.3, -0.25) is 19.2 Å². The molecule has 0 spiro atoms. The predicted molar refractivity (Wildman–Crippen MR) is 118 cm³/mol. The molecular formula is C22H33F3N6O3. The van der Waals surface area contributed by atoms with E-state index in [2.05, 4.69) is 15.7 Å². The van der Waals surface area contributed by atoms with Crippen LogP contribution in [0.3, 0.4) is 0 Å². The number of nitrogens with zero attached hydrogens (tertiary/aromatic N) is 3. The van der Waals surface area contributed by atoms with Crippen LogP contribution in [0.15, 0.2) is 6.20 Å². The molecule has 34 heavy (non-hydrogen) atoms. The number of halogens is 3. The van der Waals surface area contributed by atoms with Crippen LogP contribution in [0.4, 0.5) is 19.0 Å². The number of likely N-dealkylation sites (N-methyl/N-ethyl adjacent to an activating group) is 1. The molecule has 3 fully saturated rings. The molecule has 9 nitrogen and oxygen atoms in total. The average Bonchev–Trinajstić information content (AvgIpc) is 3.50. The number of nitrogens with two attached hydrogens (primary N) is 1. The van der Waals surface area contributed by atoms with Crippen LogP contribution < -0.4 is 16.4 Å². The predicted octanol–water partition coefficient (Wildman–Crippen LogP) is 1.84. The Bertz CT molecular complexity index is 915. The van der Waals surface area contributed by atoms with Gasteiger partial charge in [0.05, 0.1) is 5.54 Å². The largest absolute Gasteiger partial charge is 0.419 e. The first-order chi connectivity index (χ1) is 16.0. The second kappa shape index (κ2) is 9.12. The van der Waals surface area contributed by atoms with Crippen LogP contribution in [0.25, 0.3) is 0 Å². The summed E-state index contributed by atoms with van der Waals surface area (Å²) >= 11 is 0. The van der Waals surface area contributed by atoms with Crippen LogP contribution in [0.1, 0.15) is 55.8 Å². The van der Waals surface area contributed by atoms with Crippen LogP contribution in [-0.2, 0) is 15.1 Å². The zero-order valence-electron chi connectivity index (χ0n) is 19.6. The number of alkyl halides is 3. The van der Waals surface area contributed by atoms with Crippen LogP contribution in [-0.4, -0.2) is 77.6 Å². The second-order valence-corrected chi connectivity index (χ2v) is 9.78. The molecule has 4 rings (SSSR count). The molecule has 1 aromatic rings. The van der Waals surface area contributed by atoms with Crippen molar-refractivity contribution in [3.63, 3.8) is 0 Å². The van der Waals surface area contributed by atoms with Gasteiger partial charge in [0.2, 0.25) is 5.91 Å². The molecule has 0 radical (unpaired) electrons. The van der Waals surface area contributed by atoms with Gasteiger partial charge in [-0.25, -0.2) is 0 Å². The highest BCUT2D eigenvalue weighted by Crippen LogP contribution is 2.45. The van der Waals surface area contributed by atoms with Crippen molar-refractivity contribution in [1.82, 2.24) is 20.0 Å². The average molecular weight is 487 g/mol. The summed E-state index contributed by atoms with van der Waals surface area (Å²) in [4.78, 5) is 26.1. The van der Waals surface area contributed by atoms with Gasteiger partial charge in [0.15, 0.2) is 11.4 Å². The Morgan fingerprint density at radius 1 is 1.24 bits per heavy atom. The van der Waals surface area contributed by atoms with E-state index in [0.717, 1.165) is 12.8 Å². The highest BCUT2D eigenvalue weighted by molar-refractivity contribution is 6.02. The molecule has 4 N–H and O–H groups in total. The van der Waals surface area contributed by atoms with E-state index in [1.54, 1.807) is 17.8 Å². The zero-order chi connectivity index (χ0) is 24.7. The second-order valence-electron chi connectivity index (χ2n) is 9.78. The van der Waals surface area contributed by atoms with E-state index in [9.17, 15) is 22.8 Å². The summed E-state index contributed by atoms with van der Waals surface area (Å²) in [5.41, 5.74) is 3.14. The number of aromatic nitrogens is 2. The lowest BCUT2D eigenvalue weighted by Crippen LogP contribution is -2.72. The monoisotopic (exact) mass is 486 g/mol. The third kappa shape index (κ3) is 4.55. The number of anilines is 1. The minimum absolute atomic E-state index is 0.0149. The minimum Gasteiger partial charge on any atom is -0.365 e. The summed E-state index contributed by atoms with van der Waals surface area (Å²) in [7, 11) is 1.82. The smallest absolute Gasteiger partial charge is 0.365 e. The van der Waals surface area contributed by atoms with Gasteiger partial charge in [0.25, 0.3) is 5.91 Å². The first-order valence-electron chi connectivity index (χ1n) is 11.8. The molecule has 1 saturated heterocycles. The normalized spacial score (nSPS) is 27.3. The molecule has 2 saturated carbocycles. The standard InChI is InChI=1S/C22H33F3N6O3/c1-3-34-21(22(23,24)25)12-30(13-21)15-6-8-20(9-7-15,11-27-2)31-10-16(17(26)32)18(29-31)28-19(33)14-4-5-14/h10,14-15,27H,3-9,11-13H2,1-2H3,(H2,26,32)(H,28,29,33)/t15-,20+. The zero-order valence-corrected chi connectivity index (χ0v) is 19.6. The maximum Gasteiger partial charge on any atom is 0.419 e. The van der Waals surface area contributed by atoms with E-state index >= 15 is 0 Å². The Morgan fingerprint density at radius 3 is 2.38 bits per heavy atom. The summed E-state index contributed by atoms with van der Waals surface area (Å²) < 4.78 is 47.4. The van der Waals surface area contributed by atoms with Gasteiger partial charge < -0.3 is 21.1 Å². The Morgan fingerprint density at radius 2 is 1.88 bits per heavy atom. The van der Waals surface area contributed by atoms with Crippen LogP contribution >= 0.6 is 0 Å². The number of carbonyl (C=O) groups is 2. The number of amides is 2. The van der Waals surface area contributed by atoms with Crippen molar-refractivity contribution in [1.29, 1.82) is 0 Å². The molecule has 1 aromatic heterocycles. The molecule has 2 heterocycles. The summed E-state index contributed by atoms with van der Waals surface area (Å²) in [6, 6.07) is 0.0149. The Labute approximate surface area is 196 Å². The summed E-state index contributed by atoms with van der Waals surface area (Å²) in [5.74, 6) is -0.731. The SMILES string of the molecule is CCOC1(C(F)(F)F)CN([C@H]2CC[C@@](CNC)(n3cc(C(N)=O)c(NC(=O)C4CC4)n3)CC2)C1. The quantitative estimate of drug-likeness (QED) is 0.491. The molecular weight excluding hydrogens is 453 g/mol. The van der Waals surface area contributed by atoms with Crippen molar-refractivity contribution >= 4 is 17.6 Å². The fourth-order valence-electron chi connectivity index (χ4n) is 5.27. The number of rotatable bonds is 9. The van der Waals surface area contributed by atoms with Crippen molar-refractivity contribution in [2.75, 3.05) is 38.6 Å². The van der Waals surface area contributed by atoms with E-state index in [0.29, 0.717) is 32.2 Å². The lowest BCUT2D eigenvalue weighted by molar-refractivity contribution is -0.322. The molecule has 0 atom stereocenters. The molecule has 2 aliphatic carbocycles. The number of hydrogen-bond acceptors (Lipinski definition) is 6. The van der Waals surface area contributed by atoms with Crippen molar-refractivity contribution in [3.8, 4) is 0 Å². The van der Waals surface area contributed by atoms with Crippen molar-refractivity contribution < 1.29 is 27.5 Å². The van der Waals surface area contributed by atoms with E-state index in [1.165, 1.54) is 0 Å². The van der Waals surface area contributed by atoms with Crippen LogP contribution in [0, 0.1) is 5.92 Å². The third-order valence-electron chi connectivity index (χ3n) is 7.42. The number of nitrogens with one attached hydrogen (secondary N) is 2. The third-order valence-corrected chi connectivity index (χ3v) is 7.42. The maximum absolute atomic E-state index is 13.5. The Hall–Kier alpha value is -2.18. The molecule has 1 aliphatic heterocycles. The lowest BCUT2D eigenvalue weighted by atomic mass is 9.77. The maximum atomic E-state index is 13.5. The molecule has 2 amide bonds. The first-order valence-corrected chi connectivity index (χ1v) is 11.8. The fourth-order valence-corrected chi connectivity index (χ4v) is 5.27. The van der Waals surface area contributed by atoms with Gasteiger partial charge in [-0.1, -0.05) is 0 Å². The van der Waals surface area contributed by atoms with Gasteiger partial charge in [0.1, 0.15) is 5.56 Å². The van der Waals surface area contributed by atoms with E-state index in [-0.39, 0.29) is 48.9 Å². The summed E-state index contributed by atoms with van der Waals surface area (Å²) in [5, 5.41) is 10.5. The topological polar surface area (TPSA) is 115 Å². The van der Waals surface area contributed by atoms with Gasteiger partial charge in [-0.2, -0.15) is 18.3 Å². The van der Waals surface area contributed by atoms with Crippen molar-refractivity contribution in [2.45, 2.75) is 68.8 Å². The number of ether oxygens (including phenoxy) is 1. The van der Waals surface area contributed by atoms with Crippen LogP contribution in [0.2, 0.25) is 0 Å². The number of carbonyl (C=O) groups excluding carboxylic acids is 2. The molecule has 190 valence electrons. The van der Waals surface area contributed by atoms with E-state index < -0.39 is 23.2 Å². The van der Waals surface area contributed by atoms with Crippen molar-refractivity contribution in [2.24, 2.45) is 11.7 Å². The molecule has 0 bridgehead atoms. The van der Waals surface area contributed by atoms with Gasteiger partial charge >= 0.3 is 6.18 Å². The Balaban J connectivity index is 1.47. The van der Waals surface area contributed by atoms with Crippen LogP contribution in [0.5, 0.6) is 0 Å². The number of likely N-dealkylation sites (tertiary alicyclic amines) is 1. The highest BCUT2D eigenvalue weighted by atomic mass is 19.4. The molecule has 0 unspecified atom stereocenters. The number of primary amides is 1. The van der Waals surface area contributed by atoms with E-state index in [1.807, 2.05) is 11.9 Å². The summed E-state index contributed by atoms with van der Waals surface area (Å²) in [6.07, 6.45) is 1.48. The van der Waals surface area contributed by atoms with Gasteiger partial charge in [-0.15, -0.1) is 0 Å². The van der Waals surface area contributed by atoms with Gasteiger partial charge in [-0.05, 0) is 52.5 Å².